The average Bonchev–Trinajstić information content (AvgIpc) is 1.81. The Hall–Kier alpha value is -0.580. The summed E-state index contributed by atoms with van der Waals surface area (Å²) in [5.74, 6) is -0.354. The van der Waals surface area contributed by atoms with Gasteiger partial charge in [0.15, 0.2) is 10.7 Å². The molecular formula is C5H10NO3S. The van der Waals surface area contributed by atoms with Gasteiger partial charge < -0.3 is 5.32 Å². The van der Waals surface area contributed by atoms with Crippen LogP contribution in [-0.4, -0.2) is 19.7 Å². The zero-order chi connectivity index (χ0) is 8.15. The first-order valence-corrected chi connectivity index (χ1v) is 4.02. The number of hydrogen-bond acceptors (Lipinski definition) is 3. The summed E-state index contributed by atoms with van der Waals surface area (Å²) < 4.78 is 20.5. The highest BCUT2D eigenvalue weighted by molar-refractivity contribution is 7.73. The van der Waals surface area contributed by atoms with Gasteiger partial charge in [0.2, 0.25) is 5.91 Å². The Kier molecular flexibility index (Phi) is 4.02. The van der Waals surface area contributed by atoms with Crippen molar-refractivity contribution in [3.63, 3.8) is 0 Å². The number of carbonyl (C=O) groups is 1. The molecule has 0 aliphatic carbocycles. The van der Waals surface area contributed by atoms with E-state index in [1.807, 2.05) is 0 Å². The molecule has 0 aromatic rings. The molecule has 0 aliphatic rings. The molecule has 0 rings (SSSR count). The normalized spacial score (nSPS) is 13.1. The van der Waals surface area contributed by atoms with Crippen LogP contribution in [0.15, 0.2) is 0 Å². The van der Waals surface area contributed by atoms with E-state index in [0.29, 0.717) is 0 Å². The van der Waals surface area contributed by atoms with Gasteiger partial charge in [-0.15, -0.1) is 0 Å². The van der Waals surface area contributed by atoms with E-state index in [9.17, 15) is 13.2 Å². The molecule has 1 N–H and O–H groups in total. The molecule has 10 heavy (non-hydrogen) atoms. The maximum atomic E-state index is 10.3. The van der Waals surface area contributed by atoms with Crippen LogP contribution in [0.3, 0.4) is 0 Å². The summed E-state index contributed by atoms with van der Waals surface area (Å²) in [5.41, 5.74) is 0. The number of nitrogens with one attached hydrogen (secondary N) is 1. The minimum Gasteiger partial charge on any atom is -0.340 e. The number of carbonyl (C=O) groups excluding carboxylic acids is 1. The van der Waals surface area contributed by atoms with Crippen molar-refractivity contribution in [1.29, 1.82) is 0 Å². The highest BCUT2D eigenvalue weighted by Crippen LogP contribution is 1.89. The molecule has 0 aromatic carbocycles. The predicted octanol–water partition coefficient (Wildman–Crippen LogP) is -0.716. The molecule has 5 heteroatoms. The van der Waals surface area contributed by atoms with Crippen molar-refractivity contribution >= 4 is 16.6 Å². The van der Waals surface area contributed by atoms with Crippen LogP contribution in [0.2, 0.25) is 0 Å². The molecule has 1 atom stereocenters. The minimum atomic E-state index is -2.59. The zero-order valence-electron chi connectivity index (χ0n) is 5.66. The quantitative estimate of drug-likeness (QED) is 0.541. The Morgan fingerprint density at radius 3 is 2.30 bits per heavy atom. The summed E-state index contributed by atoms with van der Waals surface area (Å²) in [4.78, 5) is 10.3. The van der Waals surface area contributed by atoms with E-state index in [4.69, 9.17) is 0 Å². The van der Waals surface area contributed by atoms with Gasteiger partial charge in [0, 0.05) is 6.92 Å². The Bertz CT molecular complexity index is 179. The third kappa shape index (κ3) is 3.45. The van der Waals surface area contributed by atoms with Crippen LogP contribution in [-0.2, 0) is 15.5 Å². The van der Waals surface area contributed by atoms with Crippen LogP contribution < -0.4 is 5.32 Å². The number of thiol groups is 1. The van der Waals surface area contributed by atoms with E-state index in [-0.39, 0.29) is 12.3 Å². The van der Waals surface area contributed by atoms with Crippen molar-refractivity contribution in [2.75, 3.05) is 0 Å². The van der Waals surface area contributed by atoms with E-state index in [1.54, 1.807) is 0 Å². The second-order valence-corrected chi connectivity index (χ2v) is 2.98. The van der Waals surface area contributed by atoms with Gasteiger partial charge in [-0.2, -0.15) is 0 Å². The molecule has 0 spiro atoms. The molecule has 4 nitrogen and oxygen atoms in total. The fourth-order valence-electron chi connectivity index (χ4n) is 0.465. The standard InChI is InChI=1S/C5H10NO3S/c1-3-5(10(8)9)6-4(2)7/h5,10H,1,3H2,2H3,(H,6,7). The largest absolute Gasteiger partial charge is 0.340 e. The summed E-state index contributed by atoms with van der Waals surface area (Å²) >= 11 is 0. The summed E-state index contributed by atoms with van der Waals surface area (Å²) in [6.45, 7) is 4.63. The summed E-state index contributed by atoms with van der Waals surface area (Å²) in [7, 11) is -2.59. The van der Waals surface area contributed by atoms with Crippen LogP contribution in [0.25, 0.3) is 0 Å². The molecule has 1 radical (unpaired) electrons. The predicted molar refractivity (Wildman–Crippen MR) is 37.9 cm³/mol. The Balaban J connectivity index is 3.96. The number of amides is 1. The summed E-state index contributed by atoms with van der Waals surface area (Å²) in [6.07, 6.45) is 0.165. The Labute approximate surface area is 61.6 Å². The molecule has 0 aromatic heterocycles. The van der Waals surface area contributed by atoms with Crippen molar-refractivity contribution in [2.45, 2.75) is 18.7 Å². The highest BCUT2D eigenvalue weighted by atomic mass is 32.2. The SMILES string of the molecule is [CH2]CC(NC(C)=O)[SH](=O)=O. The molecule has 0 saturated heterocycles. The maximum absolute atomic E-state index is 10.3. The summed E-state index contributed by atoms with van der Waals surface area (Å²) in [6, 6.07) is 0. The lowest BCUT2D eigenvalue weighted by Crippen LogP contribution is -2.33. The Morgan fingerprint density at radius 2 is 2.20 bits per heavy atom. The molecule has 0 bridgehead atoms. The fourth-order valence-corrected chi connectivity index (χ4v) is 0.963. The van der Waals surface area contributed by atoms with Gasteiger partial charge in [-0.05, 0) is 6.42 Å². The average molecular weight is 164 g/mol. The van der Waals surface area contributed by atoms with E-state index in [0.717, 1.165) is 0 Å². The van der Waals surface area contributed by atoms with Gasteiger partial charge in [0.1, 0.15) is 5.37 Å². The van der Waals surface area contributed by atoms with Gasteiger partial charge in [-0.1, -0.05) is 6.92 Å². The molecule has 0 saturated carbocycles. The van der Waals surface area contributed by atoms with Crippen LogP contribution in [0.1, 0.15) is 13.3 Å². The van der Waals surface area contributed by atoms with E-state index >= 15 is 0 Å². The Morgan fingerprint density at radius 1 is 1.70 bits per heavy atom. The lowest BCUT2D eigenvalue weighted by atomic mass is 10.5. The van der Waals surface area contributed by atoms with Crippen molar-refractivity contribution in [3.8, 4) is 0 Å². The van der Waals surface area contributed by atoms with Crippen molar-refractivity contribution < 1.29 is 13.2 Å². The van der Waals surface area contributed by atoms with Gasteiger partial charge in [-0.3, -0.25) is 4.79 Å². The number of hydrogen-bond donors (Lipinski definition) is 2. The van der Waals surface area contributed by atoms with Crippen molar-refractivity contribution in [3.05, 3.63) is 6.92 Å². The lowest BCUT2D eigenvalue weighted by Gasteiger charge is -2.06. The van der Waals surface area contributed by atoms with Gasteiger partial charge in [0.25, 0.3) is 0 Å². The van der Waals surface area contributed by atoms with Crippen LogP contribution >= 0.6 is 0 Å². The molecule has 1 unspecified atom stereocenters. The fraction of sp³-hybridized carbons (Fsp3) is 0.600. The third-order valence-electron chi connectivity index (χ3n) is 0.898. The maximum Gasteiger partial charge on any atom is 0.217 e. The molecule has 0 heterocycles. The second-order valence-electron chi connectivity index (χ2n) is 1.79. The van der Waals surface area contributed by atoms with Crippen LogP contribution in [0.5, 0.6) is 0 Å². The van der Waals surface area contributed by atoms with Crippen molar-refractivity contribution in [1.82, 2.24) is 5.32 Å². The molecule has 1 amide bonds. The third-order valence-corrected chi connectivity index (χ3v) is 1.79. The number of rotatable bonds is 3. The highest BCUT2D eigenvalue weighted by Gasteiger charge is 2.08. The van der Waals surface area contributed by atoms with E-state index in [1.165, 1.54) is 6.92 Å². The topological polar surface area (TPSA) is 63.2 Å². The molecule has 0 aliphatic heterocycles. The molecule has 0 fully saturated rings. The van der Waals surface area contributed by atoms with Gasteiger partial charge in [0.05, 0.1) is 0 Å². The first kappa shape index (κ1) is 9.42. The first-order valence-electron chi connectivity index (χ1n) is 2.77. The second kappa shape index (κ2) is 4.27. The summed E-state index contributed by atoms with van der Waals surface area (Å²) in [5, 5.41) is 1.42. The van der Waals surface area contributed by atoms with E-state index < -0.39 is 16.1 Å². The van der Waals surface area contributed by atoms with Crippen LogP contribution in [0, 0.1) is 6.92 Å². The smallest absolute Gasteiger partial charge is 0.217 e. The first-order chi connectivity index (χ1) is 4.57. The zero-order valence-corrected chi connectivity index (χ0v) is 6.56. The van der Waals surface area contributed by atoms with Crippen molar-refractivity contribution in [2.24, 2.45) is 0 Å². The monoisotopic (exact) mass is 164 g/mol. The van der Waals surface area contributed by atoms with Gasteiger partial charge >= 0.3 is 0 Å². The molecule has 59 valence electrons. The lowest BCUT2D eigenvalue weighted by molar-refractivity contribution is -0.119. The minimum absolute atomic E-state index is 0.165. The van der Waals surface area contributed by atoms with Crippen LogP contribution in [0.4, 0.5) is 0 Å². The molecular weight excluding hydrogens is 154 g/mol. The van der Waals surface area contributed by atoms with Gasteiger partial charge in [-0.25, -0.2) is 8.42 Å². The van der Waals surface area contributed by atoms with E-state index in [2.05, 4.69) is 12.2 Å².